The largest absolute Gasteiger partial charge is 0.525 e. The van der Waals surface area contributed by atoms with Crippen molar-refractivity contribution in [2.24, 2.45) is 0 Å². The van der Waals surface area contributed by atoms with Crippen LogP contribution >= 0.6 is 0 Å². The van der Waals surface area contributed by atoms with Crippen molar-refractivity contribution in [2.45, 2.75) is 20.3 Å². The number of carbonyl (C=O) groups excluding carboxylic acids is 1. The topological polar surface area (TPSA) is 29.5 Å². The lowest BCUT2D eigenvalue weighted by atomic mass is 10.2. The van der Waals surface area contributed by atoms with E-state index in [0.29, 0.717) is 14.1 Å². The van der Waals surface area contributed by atoms with Gasteiger partial charge in [0.25, 0.3) is 6.47 Å². The Labute approximate surface area is 62.6 Å². The van der Waals surface area contributed by atoms with Gasteiger partial charge in [-0.25, -0.2) is 0 Å². The Morgan fingerprint density at radius 3 is 2.70 bits per heavy atom. The summed E-state index contributed by atoms with van der Waals surface area (Å²) in [6, 6.07) is 0. The van der Waals surface area contributed by atoms with Crippen molar-refractivity contribution >= 4 is 14.1 Å². The third kappa shape index (κ3) is 4.38. The number of nitrogens with zero attached hydrogens (tertiary/aromatic N) is 1. The summed E-state index contributed by atoms with van der Waals surface area (Å²) in [6.07, 6.45) is 1.09. The van der Waals surface area contributed by atoms with Crippen molar-refractivity contribution < 1.29 is 9.45 Å². The summed E-state index contributed by atoms with van der Waals surface area (Å²) >= 11 is 0. The molecule has 0 aliphatic heterocycles. The van der Waals surface area contributed by atoms with Gasteiger partial charge in [0, 0.05) is 0 Å². The Bertz CT molecular complexity index is 89.8. The maximum absolute atomic E-state index is 9.78. The van der Waals surface area contributed by atoms with Gasteiger partial charge in [0.1, 0.15) is 0 Å². The van der Waals surface area contributed by atoms with Gasteiger partial charge >= 0.3 is 7.62 Å². The van der Waals surface area contributed by atoms with Crippen LogP contribution in [0.2, 0.25) is 0 Å². The van der Waals surface area contributed by atoms with E-state index in [1.54, 1.807) is 0 Å². The molecule has 0 rings (SSSR count). The molecule has 58 valence electrons. The first-order valence-electron chi connectivity index (χ1n) is 3.62. The van der Waals surface area contributed by atoms with Crippen molar-refractivity contribution in [1.82, 2.24) is 4.81 Å². The first-order valence-corrected chi connectivity index (χ1v) is 3.62. The monoisotopic (exact) mass is 143 g/mol. The summed E-state index contributed by atoms with van der Waals surface area (Å²) in [6.45, 7) is 6.55. The minimum Gasteiger partial charge on any atom is -0.525 e. The molecule has 0 unspecified atom stereocenters. The summed E-state index contributed by atoms with van der Waals surface area (Å²) in [7, 11) is 0.424. The molecule has 0 heterocycles. The lowest BCUT2D eigenvalue weighted by molar-refractivity contribution is -0.121. The fraction of sp³-hybridized carbons (Fsp3) is 0.833. The molecule has 0 bridgehead atoms. The van der Waals surface area contributed by atoms with Crippen LogP contribution in [0, 0.1) is 0 Å². The molecule has 4 heteroatoms. The summed E-state index contributed by atoms with van der Waals surface area (Å²) < 4.78 is 4.58. The molecule has 0 aliphatic carbocycles. The highest BCUT2D eigenvalue weighted by molar-refractivity contribution is 6.25. The summed E-state index contributed by atoms with van der Waals surface area (Å²) in [5, 5.41) is 0. The minimum absolute atomic E-state index is 0.424. The molecular formula is C6H14BNO2. The van der Waals surface area contributed by atoms with E-state index >= 15 is 0 Å². The standard InChI is InChI=1S/C6H14BNO2/c1-3-5-8(4-2)7-10-6-9/h6-7H,3-5H2,1-2H3. The quantitative estimate of drug-likeness (QED) is 0.391. The third-order valence-electron chi connectivity index (χ3n) is 1.31. The second-order valence-electron chi connectivity index (χ2n) is 2.10. The predicted octanol–water partition coefficient (Wildman–Crippen LogP) is 0.158. The van der Waals surface area contributed by atoms with E-state index in [2.05, 4.69) is 16.4 Å². The van der Waals surface area contributed by atoms with E-state index in [4.69, 9.17) is 0 Å². The average Bonchev–Trinajstić information content (AvgIpc) is 1.98. The number of hydrogen-bond acceptors (Lipinski definition) is 3. The van der Waals surface area contributed by atoms with Gasteiger partial charge in [0.15, 0.2) is 0 Å². The van der Waals surface area contributed by atoms with Gasteiger partial charge in [-0.3, -0.25) is 4.79 Å². The minimum atomic E-state index is 0.424. The highest BCUT2D eigenvalue weighted by atomic mass is 16.5. The Balaban J connectivity index is 3.29. The summed E-state index contributed by atoms with van der Waals surface area (Å²) in [5.74, 6) is 0. The van der Waals surface area contributed by atoms with Crippen LogP contribution in [0.4, 0.5) is 0 Å². The van der Waals surface area contributed by atoms with Crippen molar-refractivity contribution in [1.29, 1.82) is 0 Å². The molecule has 0 amide bonds. The fourth-order valence-corrected chi connectivity index (χ4v) is 0.766. The van der Waals surface area contributed by atoms with Gasteiger partial charge in [-0.05, 0) is 19.5 Å². The van der Waals surface area contributed by atoms with Gasteiger partial charge in [-0.15, -0.1) is 0 Å². The van der Waals surface area contributed by atoms with Gasteiger partial charge < -0.3 is 9.47 Å². The summed E-state index contributed by atoms with van der Waals surface area (Å²) in [5.41, 5.74) is 0. The van der Waals surface area contributed by atoms with Crippen LogP contribution in [0.5, 0.6) is 0 Å². The molecule has 0 aromatic carbocycles. The molecule has 0 aromatic heterocycles. The molecule has 10 heavy (non-hydrogen) atoms. The average molecular weight is 143 g/mol. The molecule has 0 spiro atoms. The fourth-order valence-electron chi connectivity index (χ4n) is 0.766. The second-order valence-corrected chi connectivity index (χ2v) is 2.10. The molecule has 0 N–H and O–H groups in total. The third-order valence-corrected chi connectivity index (χ3v) is 1.31. The number of carbonyl (C=O) groups is 1. The molecule has 3 nitrogen and oxygen atoms in total. The van der Waals surface area contributed by atoms with E-state index in [0.717, 1.165) is 19.5 Å². The zero-order chi connectivity index (χ0) is 7.82. The lowest BCUT2D eigenvalue weighted by Crippen LogP contribution is -2.30. The van der Waals surface area contributed by atoms with Crippen molar-refractivity contribution in [3.8, 4) is 0 Å². The smallest absolute Gasteiger partial charge is 0.433 e. The van der Waals surface area contributed by atoms with E-state index in [1.165, 1.54) is 0 Å². The Morgan fingerprint density at radius 1 is 1.60 bits per heavy atom. The molecule has 0 radical (unpaired) electrons. The van der Waals surface area contributed by atoms with Crippen LogP contribution in [0.25, 0.3) is 0 Å². The van der Waals surface area contributed by atoms with Crippen molar-refractivity contribution in [2.75, 3.05) is 13.1 Å². The second kappa shape index (κ2) is 6.61. The summed E-state index contributed by atoms with van der Waals surface area (Å²) in [4.78, 5) is 11.8. The maximum Gasteiger partial charge on any atom is 0.433 e. The van der Waals surface area contributed by atoms with Gasteiger partial charge in [0.2, 0.25) is 0 Å². The Morgan fingerprint density at radius 2 is 2.30 bits per heavy atom. The Hall–Kier alpha value is -0.505. The number of hydrogen-bond donors (Lipinski definition) is 0. The van der Waals surface area contributed by atoms with Gasteiger partial charge in [0.05, 0.1) is 0 Å². The van der Waals surface area contributed by atoms with Gasteiger partial charge in [-0.1, -0.05) is 13.8 Å². The highest BCUT2D eigenvalue weighted by Crippen LogP contribution is 1.86. The molecule has 0 saturated carbocycles. The van der Waals surface area contributed by atoms with Crippen LogP contribution in [-0.2, 0) is 9.45 Å². The molecule has 0 aromatic rings. The zero-order valence-corrected chi connectivity index (χ0v) is 6.67. The van der Waals surface area contributed by atoms with Crippen LogP contribution in [0.3, 0.4) is 0 Å². The zero-order valence-electron chi connectivity index (χ0n) is 6.67. The SMILES string of the molecule is CCCN(BOC=O)CC. The van der Waals surface area contributed by atoms with Crippen LogP contribution in [-0.4, -0.2) is 32.0 Å². The highest BCUT2D eigenvalue weighted by Gasteiger charge is 2.02. The van der Waals surface area contributed by atoms with E-state index in [1.807, 2.05) is 6.92 Å². The maximum atomic E-state index is 9.78. The van der Waals surface area contributed by atoms with Crippen LogP contribution in [0.15, 0.2) is 0 Å². The predicted molar refractivity (Wildman–Crippen MR) is 41.8 cm³/mol. The van der Waals surface area contributed by atoms with E-state index in [9.17, 15) is 4.79 Å². The molecule has 0 aliphatic rings. The molecule has 0 saturated heterocycles. The lowest BCUT2D eigenvalue weighted by Gasteiger charge is -2.15. The van der Waals surface area contributed by atoms with Gasteiger partial charge in [-0.2, -0.15) is 0 Å². The molecular weight excluding hydrogens is 129 g/mol. The molecule has 0 fully saturated rings. The van der Waals surface area contributed by atoms with Crippen molar-refractivity contribution in [3.05, 3.63) is 0 Å². The molecule has 0 atom stereocenters. The van der Waals surface area contributed by atoms with E-state index < -0.39 is 0 Å². The van der Waals surface area contributed by atoms with Crippen LogP contribution in [0.1, 0.15) is 20.3 Å². The van der Waals surface area contributed by atoms with E-state index in [-0.39, 0.29) is 0 Å². The Kier molecular flexibility index (Phi) is 6.28. The first kappa shape index (κ1) is 9.49. The van der Waals surface area contributed by atoms with Crippen molar-refractivity contribution in [3.63, 3.8) is 0 Å². The first-order chi connectivity index (χ1) is 4.85. The normalized spacial score (nSPS) is 9.50. The van der Waals surface area contributed by atoms with Crippen LogP contribution < -0.4 is 0 Å². The number of rotatable bonds is 6.